The lowest BCUT2D eigenvalue weighted by Gasteiger charge is -2.11. The van der Waals surface area contributed by atoms with E-state index in [0.29, 0.717) is 28.9 Å². The Kier molecular flexibility index (Phi) is 8.79. The second-order valence-corrected chi connectivity index (χ2v) is 14.1. The van der Waals surface area contributed by atoms with E-state index in [1.54, 1.807) is 24.5 Å². The van der Waals surface area contributed by atoms with Gasteiger partial charge in [-0.15, -0.1) is 0 Å². The molecule has 0 amide bonds. The van der Waals surface area contributed by atoms with Crippen molar-refractivity contribution in [3.05, 3.63) is 200 Å². The Morgan fingerprint density at radius 3 is 1.03 bits per heavy atom. The molecule has 0 aliphatic heterocycles. The topological polar surface area (TPSA) is 88.2 Å². The van der Waals surface area contributed by atoms with Crippen LogP contribution >= 0.6 is 0 Å². The largest absolute Gasteiger partial charge is 0.236 e. The third kappa shape index (κ3) is 6.85. The quantitative estimate of drug-likeness (QED) is 0.162. The van der Waals surface area contributed by atoms with Gasteiger partial charge in [-0.25, -0.2) is 24.9 Å². The molecule has 0 aliphatic rings. The van der Waals surface area contributed by atoms with E-state index in [0.717, 1.165) is 55.6 Å². The van der Waals surface area contributed by atoms with E-state index < -0.39 is 0 Å². The van der Waals surface area contributed by atoms with Gasteiger partial charge >= 0.3 is 0 Å². The molecule has 2 aromatic heterocycles. The van der Waals surface area contributed by atoms with Crippen molar-refractivity contribution in [3.63, 3.8) is 0 Å². The first kappa shape index (κ1) is 34.4. The van der Waals surface area contributed by atoms with Crippen molar-refractivity contribution in [2.45, 2.75) is 0 Å². The standard InChI is InChI=1S/C52H32N6/c53-31-34-9-11-39(12-10-34)48-32-54-49(55-33-48)40-23-25-43(26-24-40)52-57-50(41-19-13-37(14-20-41)46-27-17-35-5-1-3-7-44(35)29-46)56-51(58-52)42-21-15-38(16-22-42)47-28-18-36-6-2-4-8-45(36)30-47/h1-30,32-33H. The van der Waals surface area contributed by atoms with Gasteiger partial charge in [-0.2, -0.15) is 5.26 Å². The lowest BCUT2D eigenvalue weighted by molar-refractivity contribution is 1.07. The van der Waals surface area contributed by atoms with Gasteiger partial charge in [0.25, 0.3) is 0 Å². The maximum Gasteiger partial charge on any atom is 0.164 e. The summed E-state index contributed by atoms with van der Waals surface area (Å²) >= 11 is 0. The maximum absolute atomic E-state index is 9.14. The van der Waals surface area contributed by atoms with E-state index in [-0.39, 0.29) is 0 Å². The number of fused-ring (bicyclic) bond motifs is 2. The molecule has 0 unspecified atom stereocenters. The third-order valence-electron chi connectivity index (χ3n) is 10.5. The summed E-state index contributed by atoms with van der Waals surface area (Å²) in [4.78, 5) is 24.4. The highest BCUT2D eigenvalue weighted by atomic mass is 15.0. The molecule has 0 bridgehead atoms. The predicted molar refractivity (Wildman–Crippen MR) is 233 cm³/mol. The molecule has 0 saturated heterocycles. The number of hydrogen-bond acceptors (Lipinski definition) is 6. The molecule has 0 aliphatic carbocycles. The fourth-order valence-electron chi connectivity index (χ4n) is 7.26. The Labute approximate surface area is 335 Å². The molecular formula is C52H32N6. The summed E-state index contributed by atoms with van der Waals surface area (Å²) in [7, 11) is 0. The predicted octanol–water partition coefficient (Wildman–Crippen LogP) is 12.5. The van der Waals surface area contributed by atoms with E-state index >= 15 is 0 Å². The summed E-state index contributed by atoms with van der Waals surface area (Å²) < 4.78 is 0. The number of nitrogens with zero attached hydrogens (tertiary/aromatic N) is 6. The smallest absolute Gasteiger partial charge is 0.164 e. The maximum atomic E-state index is 9.14. The van der Waals surface area contributed by atoms with Crippen molar-refractivity contribution < 1.29 is 0 Å². The van der Waals surface area contributed by atoms with Crippen LogP contribution in [0.5, 0.6) is 0 Å². The molecule has 0 atom stereocenters. The minimum absolute atomic E-state index is 0.570. The van der Waals surface area contributed by atoms with E-state index in [1.165, 1.54) is 21.5 Å². The summed E-state index contributed by atoms with van der Waals surface area (Å²) in [5.41, 5.74) is 10.5. The summed E-state index contributed by atoms with van der Waals surface area (Å²) in [5.74, 6) is 2.36. The van der Waals surface area contributed by atoms with Crippen LogP contribution in [0, 0.1) is 11.3 Å². The molecule has 0 spiro atoms. The lowest BCUT2D eigenvalue weighted by Crippen LogP contribution is -2.00. The highest BCUT2D eigenvalue weighted by molar-refractivity contribution is 5.88. The SMILES string of the molecule is N#Cc1ccc(-c2cnc(-c3ccc(-c4nc(-c5ccc(-c6ccc7ccccc7c6)cc5)nc(-c5ccc(-c6ccc7ccccc7c6)cc5)n4)cc3)nc2)cc1. The van der Waals surface area contributed by atoms with Crippen LogP contribution in [0.2, 0.25) is 0 Å². The van der Waals surface area contributed by atoms with Gasteiger partial charge in [0.1, 0.15) is 0 Å². The Morgan fingerprint density at radius 2 is 0.621 bits per heavy atom. The Balaban J connectivity index is 0.985. The zero-order chi connectivity index (χ0) is 38.8. The normalized spacial score (nSPS) is 11.1. The van der Waals surface area contributed by atoms with Gasteiger partial charge in [0.15, 0.2) is 23.3 Å². The molecule has 10 aromatic rings. The first-order valence-corrected chi connectivity index (χ1v) is 19.0. The zero-order valence-corrected chi connectivity index (χ0v) is 31.2. The van der Waals surface area contributed by atoms with Crippen molar-refractivity contribution in [3.8, 4) is 85.0 Å². The molecule has 6 heteroatoms. The fraction of sp³-hybridized carbons (Fsp3) is 0. The molecule has 10 rings (SSSR count). The van der Waals surface area contributed by atoms with Crippen LogP contribution < -0.4 is 0 Å². The van der Waals surface area contributed by atoms with Gasteiger partial charge in [-0.3, -0.25) is 0 Å². The minimum Gasteiger partial charge on any atom is -0.236 e. The second kappa shape index (κ2) is 14.8. The van der Waals surface area contributed by atoms with Crippen LogP contribution in [-0.2, 0) is 0 Å². The van der Waals surface area contributed by atoms with Crippen LogP contribution in [0.25, 0.3) is 100 Å². The first-order chi connectivity index (χ1) is 28.6. The van der Waals surface area contributed by atoms with Crippen molar-refractivity contribution in [2.75, 3.05) is 0 Å². The van der Waals surface area contributed by atoms with Crippen LogP contribution in [0.15, 0.2) is 194 Å². The molecule has 0 radical (unpaired) electrons. The number of benzene rings is 8. The third-order valence-corrected chi connectivity index (χ3v) is 10.5. The number of hydrogen-bond donors (Lipinski definition) is 0. The van der Waals surface area contributed by atoms with Gasteiger partial charge in [0.2, 0.25) is 0 Å². The summed E-state index contributed by atoms with van der Waals surface area (Å²) in [5, 5.41) is 14.0. The average Bonchev–Trinajstić information content (AvgIpc) is 3.31. The molecule has 58 heavy (non-hydrogen) atoms. The van der Waals surface area contributed by atoms with Gasteiger partial charge in [0, 0.05) is 40.2 Å². The molecule has 0 fully saturated rings. The fourth-order valence-corrected chi connectivity index (χ4v) is 7.26. The number of nitriles is 1. The highest BCUT2D eigenvalue weighted by Crippen LogP contribution is 2.31. The van der Waals surface area contributed by atoms with Crippen molar-refractivity contribution in [1.82, 2.24) is 24.9 Å². The molecular weight excluding hydrogens is 709 g/mol. The van der Waals surface area contributed by atoms with Gasteiger partial charge < -0.3 is 0 Å². The number of rotatable bonds is 7. The second-order valence-electron chi connectivity index (χ2n) is 14.1. The van der Waals surface area contributed by atoms with Gasteiger partial charge in [-0.1, -0.05) is 158 Å². The highest BCUT2D eigenvalue weighted by Gasteiger charge is 2.14. The van der Waals surface area contributed by atoms with Crippen LogP contribution in [-0.4, -0.2) is 24.9 Å². The number of aromatic nitrogens is 5. The molecule has 2 heterocycles. The van der Waals surface area contributed by atoms with Gasteiger partial charge in [-0.05, 0) is 73.6 Å². The van der Waals surface area contributed by atoms with Crippen molar-refractivity contribution in [2.24, 2.45) is 0 Å². The summed E-state index contributed by atoms with van der Waals surface area (Å²) in [6, 6.07) is 64.3. The molecule has 8 aromatic carbocycles. The Hall–Kier alpha value is -8.14. The first-order valence-electron chi connectivity index (χ1n) is 19.0. The van der Waals surface area contributed by atoms with Crippen LogP contribution in [0.1, 0.15) is 5.56 Å². The lowest BCUT2D eigenvalue weighted by atomic mass is 10.00. The Bertz CT molecular complexity index is 2990. The zero-order valence-electron chi connectivity index (χ0n) is 31.2. The summed E-state index contributed by atoms with van der Waals surface area (Å²) in [6.45, 7) is 0. The van der Waals surface area contributed by atoms with E-state index in [1.807, 2.05) is 36.4 Å². The van der Waals surface area contributed by atoms with Crippen molar-refractivity contribution in [1.29, 1.82) is 5.26 Å². The molecule has 0 saturated carbocycles. The average molecular weight is 741 g/mol. The van der Waals surface area contributed by atoms with E-state index in [2.05, 4.69) is 149 Å². The van der Waals surface area contributed by atoms with E-state index in [4.69, 9.17) is 20.2 Å². The van der Waals surface area contributed by atoms with Crippen LogP contribution in [0.4, 0.5) is 0 Å². The Morgan fingerprint density at radius 1 is 0.293 bits per heavy atom. The van der Waals surface area contributed by atoms with Crippen molar-refractivity contribution >= 4 is 21.5 Å². The van der Waals surface area contributed by atoms with Gasteiger partial charge in [0.05, 0.1) is 11.6 Å². The summed E-state index contributed by atoms with van der Waals surface area (Å²) in [6.07, 6.45) is 3.61. The molecule has 270 valence electrons. The monoisotopic (exact) mass is 740 g/mol. The minimum atomic E-state index is 0.570. The van der Waals surface area contributed by atoms with E-state index in [9.17, 15) is 0 Å². The molecule has 6 nitrogen and oxygen atoms in total. The van der Waals surface area contributed by atoms with Crippen LogP contribution in [0.3, 0.4) is 0 Å². The molecule has 0 N–H and O–H groups in total.